The van der Waals surface area contributed by atoms with Crippen molar-refractivity contribution in [3.05, 3.63) is 59.8 Å². The summed E-state index contributed by atoms with van der Waals surface area (Å²) in [5.74, 6) is 0. The molecule has 1 aliphatic rings. The molecular weight excluding hydrogens is 188 g/mol. The minimum Gasteiger partial charge on any atom is -0.299 e. The molecule has 0 atom stereocenters. The first-order valence-corrected chi connectivity index (χ1v) is 4.67. The highest BCUT2D eigenvalue weighted by Crippen LogP contribution is 2.16. The Labute approximate surface area is 89.0 Å². The topological polar surface area (TPSA) is 34.1 Å². The van der Waals surface area contributed by atoms with Crippen molar-refractivity contribution in [2.45, 2.75) is 6.42 Å². The molecule has 0 aromatic heterocycles. The predicted octanol–water partition coefficient (Wildman–Crippen LogP) is 2.31. The molecule has 0 heterocycles. The van der Waals surface area contributed by atoms with Crippen LogP contribution in [0, 0.1) is 0 Å². The Morgan fingerprint density at radius 3 is 1.73 bits per heavy atom. The van der Waals surface area contributed by atoms with Gasteiger partial charge in [0.05, 0.1) is 0 Å². The fourth-order valence-electron chi connectivity index (χ4n) is 1.27. The lowest BCUT2D eigenvalue weighted by Gasteiger charge is -1.99. The predicted molar refractivity (Wildman–Crippen MR) is 60.3 cm³/mol. The minimum atomic E-state index is 0.724. The molecule has 0 radical (unpaired) electrons. The van der Waals surface area contributed by atoms with E-state index in [1.54, 1.807) is 12.2 Å². The van der Waals surface area contributed by atoms with E-state index in [-0.39, 0.29) is 0 Å². The van der Waals surface area contributed by atoms with E-state index >= 15 is 0 Å². The third-order valence-electron chi connectivity index (χ3n) is 1.92. The number of aldehydes is 2. The molecule has 1 aliphatic carbocycles. The maximum absolute atomic E-state index is 10.2. The summed E-state index contributed by atoms with van der Waals surface area (Å²) in [4.78, 5) is 20.4. The van der Waals surface area contributed by atoms with Crippen LogP contribution in [-0.2, 0) is 9.59 Å². The van der Waals surface area contributed by atoms with Crippen LogP contribution in [0.4, 0.5) is 0 Å². The Kier molecular flexibility index (Phi) is 4.81. The van der Waals surface area contributed by atoms with Crippen LogP contribution in [0.1, 0.15) is 6.42 Å². The normalized spacial score (nSPS) is 16.3. The Morgan fingerprint density at radius 2 is 1.33 bits per heavy atom. The molecule has 76 valence electrons. The lowest BCUT2D eigenvalue weighted by molar-refractivity contribution is -0.104. The minimum absolute atomic E-state index is 0.724. The highest BCUT2D eigenvalue weighted by atomic mass is 16.1. The van der Waals surface area contributed by atoms with Crippen LogP contribution >= 0.6 is 0 Å². The van der Waals surface area contributed by atoms with Crippen LogP contribution in [-0.4, -0.2) is 12.6 Å². The van der Waals surface area contributed by atoms with Crippen molar-refractivity contribution < 1.29 is 9.59 Å². The molecule has 1 rings (SSSR count). The fraction of sp³-hybridized carbons (Fsp3) is 0.0769. The van der Waals surface area contributed by atoms with Gasteiger partial charge in [0, 0.05) is 0 Å². The summed E-state index contributed by atoms with van der Waals surface area (Å²) >= 11 is 0. The second-order valence-electron chi connectivity index (χ2n) is 3.04. The van der Waals surface area contributed by atoms with E-state index in [1.807, 2.05) is 24.3 Å². The van der Waals surface area contributed by atoms with Gasteiger partial charge in [-0.2, -0.15) is 0 Å². The van der Waals surface area contributed by atoms with E-state index in [0.717, 1.165) is 30.1 Å². The van der Waals surface area contributed by atoms with E-state index in [0.29, 0.717) is 0 Å². The smallest absolute Gasteiger partial charge is 0.142 e. The van der Waals surface area contributed by atoms with Gasteiger partial charge >= 0.3 is 0 Å². The molecule has 0 aromatic rings. The quantitative estimate of drug-likeness (QED) is 0.515. The second-order valence-corrected chi connectivity index (χ2v) is 3.04. The average molecular weight is 200 g/mol. The van der Waals surface area contributed by atoms with Gasteiger partial charge in [-0.1, -0.05) is 36.5 Å². The third-order valence-corrected chi connectivity index (χ3v) is 1.92. The molecule has 0 amide bonds. The molecule has 0 bridgehead atoms. The van der Waals surface area contributed by atoms with E-state index in [4.69, 9.17) is 0 Å². The summed E-state index contributed by atoms with van der Waals surface area (Å²) in [5, 5.41) is 0. The zero-order valence-corrected chi connectivity index (χ0v) is 8.30. The number of carbonyl (C=O) groups is 2. The molecule has 2 nitrogen and oxygen atoms in total. The van der Waals surface area contributed by atoms with Crippen LogP contribution in [0.2, 0.25) is 0 Å². The zero-order valence-electron chi connectivity index (χ0n) is 8.30. The summed E-state index contributed by atoms with van der Waals surface area (Å²) in [6, 6.07) is 0. The molecule has 2 heteroatoms. The Morgan fingerprint density at radius 1 is 0.867 bits per heavy atom. The Balaban J connectivity index is 2.76. The monoisotopic (exact) mass is 200 g/mol. The first kappa shape index (κ1) is 11.1. The number of rotatable bonds is 4. The molecule has 0 aliphatic heterocycles. The number of hydrogen-bond acceptors (Lipinski definition) is 2. The van der Waals surface area contributed by atoms with Crippen LogP contribution in [0.15, 0.2) is 59.8 Å². The maximum Gasteiger partial charge on any atom is 0.142 e. The molecule has 0 N–H and O–H groups in total. The summed E-state index contributed by atoms with van der Waals surface area (Å²) in [7, 11) is 0. The van der Waals surface area contributed by atoms with Gasteiger partial charge in [-0.05, 0) is 29.7 Å². The van der Waals surface area contributed by atoms with Gasteiger partial charge in [-0.3, -0.25) is 9.59 Å². The molecule has 0 saturated heterocycles. The first-order valence-electron chi connectivity index (χ1n) is 4.67. The standard InChI is InChI=1S/C13H12O2/c14-9-3-7-12-5-1-2-6-13(11-12)8-4-10-15/h1-10H,11H2/b7-3-,8-4+. The van der Waals surface area contributed by atoms with E-state index in [1.165, 1.54) is 12.2 Å². The van der Waals surface area contributed by atoms with Gasteiger partial charge in [-0.15, -0.1) is 0 Å². The highest BCUT2D eigenvalue weighted by Gasteiger charge is 1.98. The van der Waals surface area contributed by atoms with Crippen LogP contribution < -0.4 is 0 Å². The van der Waals surface area contributed by atoms with Crippen molar-refractivity contribution in [2.24, 2.45) is 0 Å². The van der Waals surface area contributed by atoms with Crippen molar-refractivity contribution in [3.63, 3.8) is 0 Å². The molecular formula is C13H12O2. The van der Waals surface area contributed by atoms with Crippen LogP contribution in [0.5, 0.6) is 0 Å². The summed E-state index contributed by atoms with van der Waals surface area (Å²) in [6.45, 7) is 0. The van der Waals surface area contributed by atoms with Gasteiger partial charge in [0.2, 0.25) is 0 Å². The largest absolute Gasteiger partial charge is 0.299 e. The van der Waals surface area contributed by atoms with E-state index in [9.17, 15) is 9.59 Å². The maximum atomic E-state index is 10.2. The van der Waals surface area contributed by atoms with E-state index < -0.39 is 0 Å². The molecule has 0 fully saturated rings. The van der Waals surface area contributed by atoms with Gasteiger partial charge in [0.25, 0.3) is 0 Å². The number of carbonyl (C=O) groups excluding carboxylic acids is 2. The van der Waals surface area contributed by atoms with Crippen molar-refractivity contribution >= 4 is 12.6 Å². The van der Waals surface area contributed by atoms with Crippen molar-refractivity contribution in [2.75, 3.05) is 0 Å². The number of hydrogen-bond donors (Lipinski definition) is 0. The van der Waals surface area contributed by atoms with Gasteiger partial charge in [0.1, 0.15) is 12.6 Å². The SMILES string of the molecule is O=C/C=C\C1=CC=CC=C(/C=C/C=O)C1. The highest BCUT2D eigenvalue weighted by molar-refractivity contribution is 5.67. The lowest BCUT2D eigenvalue weighted by atomic mass is 10.1. The first-order chi connectivity index (χ1) is 7.36. The molecule has 0 spiro atoms. The Bertz CT molecular complexity index is 343. The summed E-state index contributed by atoms with van der Waals surface area (Å²) in [5.41, 5.74) is 2.08. The molecule has 0 unspecified atom stereocenters. The second kappa shape index (κ2) is 6.49. The zero-order chi connectivity index (χ0) is 10.9. The van der Waals surface area contributed by atoms with Gasteiger partial charge in [0.15, 0.2) is 0 Å². The van der Waals surface area contributed by atoms with Gasteiger partial charge in [-0.25, -0.2) is 0 Å². The Hall–Kier alpha value is -1.96. The molecule has 0 saturated carbocycles. The van der Waals surface area contributed by atoms with Crippen molar-refractivity contribution in [3.8, 4) is 0 Å². The molecule has 15 heavy (non-hydrogen) atoms. The van der Waals surface area contributed by atoms with Crippen LogP contribution in [0.25, 0.3) is 0 Å². The lowest BCUT2D eigenvalue weighted by Crippen LogP contribution is -1.82. The average Bonchev–Trinajstić information content (AvgIpc) is 2.48. The fourth-order valence-corrected chi connectivity index (χ4v) is 1.27. The summed E-state index contributed by atoms with van der Waals surface area (Å²) < 4.78 is 0. The van der Waals surface area contributed by atoms with Crippen LogP contribution in [0.3, 0.4) is 0 Å². The third kappa shape index (κ3) is 4.18. The number of allylic oxidation sites excluding steroid dienone is 10. The van der Waals surface area contributed by atoms with Gasteiger partial charge < -0.3 is 0 Å². The summed E-state index contributed by atoms with van der Waals surface area (Å²) in [6.07, 6.45) is 16.4. The van der Waals surface area contributed by atoms with E-state index in [2.05, 4.69) is 0 Å². The van der Waals surface area contributed by atoms with Crippen molar-refractivity contribution in [1.82, 2.24) is 0 Å². The molecule has 0 aromatic carbocycles. The van der Waals surface area contributed by atoms with Crippen molar-refractivity contribution in [1.29, 1.82) is 0 Å².